The molecule has 1 saturated heterocycles. The molecule has 1 atom stereocenters. The Morgan fingerprint density at radius 2 is 2.06 bits per heavy atom. The van der Waals surface area contributed by atoms with E-state index in [0.717, 1.165) is 11.3 Å². The van der Waals surface area contributed by atoms with E-state index in [9.17, 15) is 22.4 Å². The van der Waals surface area contributed by atoms with Crippen LogP contribution >= 0.6 is 11.3 Å². The fraction of sp³-hybridized carbons (Fsp3) is 0.381. The van der Waals surface area contributed by atoms with Gasteiger partial charge >= 0.3 is 0 Å². The Kier molecular flexibility index (Phi) is 7.22. The Labute approximate surface area is 185 Å². The third-order valence-corrected chi connectivity index (χ3v) is 7.50. The van der Waals surface area contributed by atoms with Crippen molar-refractivity contribution >= 4 is 49.9 Å². The molecule has 0 radical (unpaired) electrons. The van der Waals surface area contributed by atoms with E-state index in [1.807, 2.05) is 6.92 Å². The molecule has 1 unspecified atom stereocenters. The van der Waals surface area contributed by atoms with E-state index in [-0.39, 0.29) is 40.2 Å². The maximum absolute atomic E-state index is 14.2. The van der Waals surface area contributed by atoms with Crippen molar-refractivity contribution in [2.24, 2.45) is 0 Å². The fourth-order valence-electron chi connectivity index (χ4n) is 3.48. The van der Waals surface area contributed by atoms with Crippen LogP contribution in [-0.2, 0) is 19.4 Å². The van der Waals surface area contributed by atoms with Crippen LogP contribution in [-0.4, -0.2) is 54.2 Å². The zero-order valence-corrected chi connectivity index (χ0v) is 19.0. The number of nitrogens with zero attached hydrogens (tertiary/aromatic N) is 3. The first-order valence-electron chi connectivity index (χ1n) is 9.91. The zero-order chi connectivity index (χ0) is 22.6. The molecule has 2 amide bonds. The van der Waals surface area contributed by atoms with Crippen molar-refractivity contribution in [3.8, 4) is 0 Å². The van der Waals surface area contributed by atoms with Crippen LogP contribution in [0.1, 0.15) is 32.4 Å². The molecule has 166 valence electrons. The number of para-hydroxylation sites is 1. The molecule has 1 fully saturated rings. The summed E-state index contributed by atoms with van der Waals surface area (Å²) in [4.78, 5) is 32.0. The summed E-state index contributed by atoms with van der Waals surface area (Å²) < 4.78 is 37.8. The summed E-state index contributed by atoms with van der Waals surface area (Å²) in [6.07, 6.45) is 4.04. The van der Waals surface area contributed by atoms with Crippen LogP contribution in [0.2, 0.25) is 0 Å². The van der Waals surface area contributed by atoms with Gasteiger partial charge in [0.2, 0.25) is 11.8 Å². The number of amides is 2. The van der Waals surface area contributed by atoms with E-state index in [4.69, 9.17) is 0 Å². The second kappa shape index (κ2) is 9.69. The number of carbonyl (C=O) groups is 2. The lowest BCUT2D eigenvalue weighted by Gasteiger charge is -2.26. The first kappa shape index (κ1) is 23.1. The molecular weight excluding hydrogens is 441 g/mol. The predicted molar refractivity (Wildman–Crippen MR) is 119 cm³/mol. The largest absolute Gasteiger partial charge is 0.335 e. The Morgan fingerprint density at radius 3 is 2.68 bits per heavy atom. The summed E-state index contributed by atoms with van der Waals surface area (Å²) in [5, 5.41) is 1.96. The third-order valence-electron chi connectivity index (χ3n) is 4.90. The number of carbonyl (C=O) groups excluding carboxylic acids is 2. The Balaban J connectivity index is 1.78. The van der Waals surface area contributed by atoms with Crippen molar-refractivity contribution in [1.82, 2.24) is 9.88 Å². The standard InChI is InChI=1S/C21H24FN3O4S2/c1-3-11-24(17-10-12-31(28,29)14-17)20(27)9-8-16-13-30-21(23-16)25(15(2)26)19-7-5-4-6-18(19)22/h4-9,13,17H,3,10-12,14H2,1-2H3/b9-8+. The highest BCUT2D eigenvalue weighted by Crippen LogP contribution is 2.31. The van der Waals surface area contributed by atoms with Crippen LogP contribution in [0.3, 0.4) is 0 Å². The summed E-state index contributed by atoms with van der Waals surface area (Å²) in [7, 11) is -3.10. The first-order chi connectivity index (χ1) is 14.7. The van der Waals surface area contributed by atoms with Crippen LogP contribution in [0.15, 0.2) is 35.7 Å². The molecule has 1 aliphatic rings. The Morgan fingerprint density at radius 1 is 1.32 bits per heavy atom. The van der Waals surface area contributed by atoms with E-state index in [1.54, 1.807) is 16.3 Å². The molecule has 3 rings (SSSR count). The molecule has 0 spiro atoms. The molecule has 0 saturated carbocycles. The molecule has 1 aromatic carbocycles. The number of sulfone groups is 1. The maximum atomic E-state index is 14.2. The minimum atomic E-state index is -3.10. The molecule has 0 N–H and O–H groups in total. The molecule has 2 aromatic rings. The second-order valence-corrected chi connectivity index (χ2v) is 10.3. The number of benzene rings is 1. The summed E-state index contributed by atoms with van der Waals surface area (Å²) >= 11 is 1.16. The third kappa shape index (κ3) is 5.56. The molecule has 1 aliphatic heterocycles. The van der Waals surface area contributed by atoms with Gasteiger partial charge < -0.3 is 4.90 Å². The molecule has 7 nitrogen and oxygen atoms in total. The Bertz CT molecular complexity index is 1100. The first-order valence-corrected chi connectivity index (χ1v) is 12.6. The van der Waals surface area contributed by atoms with Crippen LogP contribution < -0.4 is 4.90 Å². The van der Waals surface area contributed by atoms with Crippen molar-refractivity contribution in [3.05, 3.63) is 47.2 Å². The smallest absolute Gasteiger partial charge is 0.246 e. The maximum Gasteiger partial charge on any atom is 0.246 e. The second-order valence-electron chi connectivity index (χ2n) is 7.28. The number of rotatable bonds is 7. The van der Waals surface area contributed by atoms with Gasteiger partial charge in [0.25, 0.3) is 0 Å². The lowest BCUT2D eigenvalue weighted by atomic mass is 10.2. The summed E-state index contributed by atoms with van der Waals surface area (Å²) in [5.41, 5.74) is 0.555. The highest BCUT2D eigenvalue weighted by Gasteiger charge is 2.33. The van der Waals surface area contributed by atoms with Gasteiger partial charge in [-0.1, -0.05) is 19.1 Å². The number of hydrogen-bond acceptors (Lipinski definition) is 6. The number of hydrogen-bond donors (Lipinski definition) is 0. The zero-order valence-electron chi connectivity index (χ0n) is 17.3. The van der Waals surface area contributed by atoms with E-state index in [1.165, 1.54) is 42.2 Å². The molecule has 10 heteroatoms. The van der Waals surface area contributed by atoms with Gasteiger partial charge in [0.15, 0.2) is 15.0 Å². The average Bonchev–Trinajstić information content (AvgIpc) is 3.32. The summed E-state index contributed by atoms with van der Waals surface area (Å²) in [5.74, 6) is -1.12. The van der Waals surface area contributed by atoms with Crippen LogP contribution in [0, 0.1) is 5.82 Å². The van der Waals surface area contributed by atoms with Crippen molar-refractivity contribution in [2.45, 2.75) is 32.7 Å². The topological polar surface area (TPSA) is 87.7 Å². The monoisotopic (exact) mass is 465 g/mol. The minimum absolute atomic E-state index is 0.0103. The van der Waals surface area contributed by atoms with Gasteiger partial charge in [0.1, 0.15) is 5.82 Å². The average molecular weight is 466 g/mol. The summed E-state index contributed by atoms with van der Waals surface area (Å²) in [6.45, 7) is 3.72. The van der Waals surface area contributed by atoms with Gasteiger partial charge in [0, 0.05) is 31.0 Å². The van der Waals surface area contributed by atoms with E-state index >= 15 is 0 Å². The number of aromatic nitrogens is 1. The molecule has 1 aromatic heterocycles. The molecule has 0 aliphatic carbocycles. The number of halogens is 1. The van der Waals surface area contributed by atoms with Crippen molar-refractivity contribution in [1.29, 1.82) is 0 Å². The van der Waals surface area contributed by atoms with E-state index in [2.05, 4.69) is 4.98 Å². The van der Waals surface area contributed by atoms with Crippen LogP contribution in [0.25, 0.3) is 6.08 Å². The molecular formula is C21H24FN3O4S2. The van der Waals surface area contributed by atoms with Crippen LogP contribution in [0.4, 0.5) is 15.2 Å². The number of anilines is 2. The lowest BCUT2D eigenvalue weighted by Crippen LogP contribution is -2.40. The quantitative estimate of drug-likeness (QED) is 0.585. The van der Waals surface area contributed by atoms with Gasteiger partial charge in [-0.2, -0.15) is 0 Å². The minimum Gasteiger partial charge on any atom is -0.335 e. The fourth-order valence-corrected chi connectivity index (χ4v) is 6.06. The van der Waals surface area contributed by atoms with E-state index in [0.29, 0.717) is 25.1 Å². The lowest BCUT2D eigenvalue weighted by molar-refractivity contribution is -0.127. The van der Waals surface area contributed by atoms with Gasteiger partial charge in [-0.15, -0.1) is 11.3 Å². The molecule has 2 heterocycles. The normalized spacial score (nSPS) is 17.7. The highest BCUT2D eigenvalue weighted by atomic mass is 32.2. The SMILES string of the molecule is CCCN(C(=O)/C=C/c1csc(N(C(C)=O)c2ccccc2F)n1)C1CCS(=O)(=O)C1. The van der Waals surface area contributed by atoms with Gasteiger partial charge in [-0.25, -0.2) is 17.8 Å². The van der Waals surface area contributed by atoms with Crippen LogP contribution in [0.5, 0.6) is 0 Å². The highest BCUT2D eigenvalue weighted by molar-refractivity contribution is 7.91. The molecule has 31 heavy (non-hydrogen) atoms. The van der Waals surface area contributed by atoms with Crippen molar-refractivity contribution in [2.75, 3.05) is 23.0 Å². The van der Waals surface area contributed by atoms with E-state index < -0.39 is 15.7 Å². The van der Waals surface area contributed by atoms with Gasteiger partial charge in [-0.05, 0) is 31.1 Å². The summed E-state index contributed by atoms with van der Waals surface area (Å²) in [6, 6.07) is 5.62. The van der Waals surface area contributed by atoms with Gasteiger partial charge in [-0.3, -0.25) is 14.5 Å². The van der Waals surface area contributed by atoms with Crippen molar-refractivity contribution < 1.29 is 22.4 Å². The number of thiazole rings is 1. The molecule has 0 bridgehead atoms. The van der Waals surface area contributed by atoms with Gasteiger partial charge in [0.05, 0.1) is 22.9 Å². The predicted octanol–water partition coefficient (Wildman–Crippen LogP) is 3.41. The van der Waals surface area contributed by atoms with Crippen molar-refractivity contribution in [3.63, 3.8) is 0 Å². The Hall–Kier alpha value is -2.59.